The molecule has 0 fully saturated rings. The number of fused-ring (bicyclic) bond motifs is 1. The average molecular weight is 391 g/mol. The minimum Gasteiger partial charge on any atom is -0.282 e. The van der Waals surface area contributed by atoms with Crippen LogP contribution in [-0.2, 0) is 16.5 Å². The van der Waals surface area contributed by atoms with Gasteiger partial charge in [0.05, 0.1) is 0 Å². The van der Waals surface area contributed by atoms with Crippen LogP contribution < -0.4 is 0 Å². The lowest BCUT2D eigenvalue weighted by atomic mass is 10.0. The molecule has 150 valence electrons. The maximum Gasteiger partial charge on any atom is 0.295 e. The van der Waals surface area contributed by atoms with E-state index < -0.39 is 10.1 Å². The first-order valence-corrected chi connectivity index (χ1v) is 12.0. The number of benzene rings is 2. The molecule has 3 nitrogen and oxygen atoms in total. The number of unbranched alkanes of at least 4 members (excludes halogenated alkanes) is 10. The molecule has 0 radical (unpaired) electrons. The summed E-state index contributed by atoms with van der Waals surface area (Å²) in [7, 11) is -4.22. The maximum absolute atomic E-state index is 11.9. The zero-order valence-corrected chi connectivity index (χ0v) is 17.4. The molecule has 0 unspecified atom stereocenters. The van der Waals surface area contributed by atoms with Gasteiger partial charge < -0.3 is 0 Å². The van der Waals surface area contributed by atoms with Gasteiger partial charge in [0.15, 0.2) is 0 Å². The molecule has 0 aliphatic carbocycles. The monoisotopic (exact) mass is 390 g/mol. The molecule has 27 heavy (non-hydrogen) atoms. The highest BCUT2D eigenvalue weighted by atomic mass is 32.2. The second-order valence-corrected chi connectivity index (χ2v) is 8.89. The van der Waals surface area contributed by atoms with Crippen molar-refractivity contribution in [1.29, 1.82) is 0 Å². The van der Waals surface area contributed by atoms with Gasteiger partial charge in [-0.2, -0.15) is 8.42 Å². The van der Waals surface area contributed by atoms with Crippen molar-refractivity contribution in [1.82, 2.24) is 0 Å². The Bertz CT molecular complexity index is 796. The molecule has 0 atom stereocenters. The first kappa shape index (κ1) is 21.9. The molecule has 0 aliphatic heterocycles. The van der Waals surface area contributed by atoms with Gasteiger partial charge in [0.2, 0.25) is 0 Å². The lowest BCUT2D eigenvalue weighted by molar-refractivity contribution is 0.482. The Morgan fingerprint density at radius 3 is 1.89 bits per heavy atom. The van der Waals surface area contributed by atoms with Gasteiger partial charge in [0.1, 0.15) is 4.90 Å². The number of hydrogen-bond acceptors (Lipinski definition) is 2. The third kappa shape index (κ3) is 7.27. The minimum absolute atomic E-state index is 0.0904. The lowest BCUT2D eigenvalue weighted by Crippen LogP contribution is -2.04. The van der Waals surface area contributed by atoms with Crippen LogP contribution in [0.25, 0.3) is 10.8 Å². The molecule has 4 heteroatoms. The zero-order chi connectivity index (χ0) is 19.5. The van der Waals surface area contributed by atoms with E-state index in [1.807, 2.05) is 30.3 Å². The standard InChI is InChI=1S/C23H34O3S/c1-2-3-4-5-6-7-8-9-10-11-12-16-21-19-18-20-15-13-14-17-22(20)23(21)27(24,25)26/h13-15,17-19H,2-12,16H2,1H3,(H,24,25,26). The van der Waals surface area contributed by atoms with Crippen LogP contribution in [0.4, 0.5) is 0 Å². The second kappa shape index (κ2) is 11.5. The lowest BCUT2D eigenvalue weighted by Gasteiger charge is -2.11. The fraction of sp³-hybridized carbons (Fsp3) is 0.565. The maximum atomic E-state index is 11.9. The Morgan fingerprint density at radius 2 is 1.30 bits per heavy atom. The van der Waals surface area contributed by atoms with Gasteiger partial charge in [0, 0.05) is 5.39 Å². The van der Waals surface area contributed by atoms with Crippen molar-refractivity contribution in [2.24, 2.45) is 0 Å². The Kier molecular flexibility index (Phi) is 9.29. The average Bonchev–Trinajstić information content (AvgIpc) is 2.64. The summed E-state index contributed by atoms with van der Waals surface area (Å²) in [6.07, 6.45) is 14.6. The van der Waals surface area contributed by atoms with E-state index in [0.29, 0.717) is 11.8 Å². The molecular weight excluding hydrogens is 356 g/mol. The van der Waals surface area contributed by atoms with Gasteiger partial charge in [0.25, 0.3) is 10.1 Å². The molecule has 0 heterocycles. The van der Waals surface area contributed by atoms with E-state index in [-0.39, 0.29) is 4.90 Å². The van der Waals surface area contributed by atoms with Gasteiger partial charge in [-0.3, -0.25) is 4.55 Å². The molecule has 0 aromatic heterocycles. The van der Waals surface area contributed by atoms with E-state index in [2.05, 4.69) is 6.92 Å². The predicted octanol–water partition coefficient (Wildman–Crippen LogP) is 6.94. The Hall–Kier alpha value is -1.39. The molecule has 0 spiro atoms. The third-order valence-electron chi connectivity index (χ3n) is 5.27. The predicted molar refractivity (Wildman–Crippen MR) is 114 cm³/mol. The van der Waals surface area contributed by atoms with Crippen LogP contribution in [0.3, 0.4) is 0 Å². The summed E-state index contributed by atoms with van der Waals surface area (Å²) in [4.78, 5) is 0.0904. The van der Waals surface area contributed by atoms with Gasteiger partial charge in [-0.05, 0) is 23.8 Å². The third-order valence-corrected chi connectivity index (χ3v) is 6.27. The molecule has 0 saturated heterocycles. The smallest absolute Gasteiger partial charge is 0.282 e. The van der Waals surface area contributed by atoms with E-state index in [4.69, 9.17) is 0 Å². The second-order valence-electron chi connectivity index (χ2n) is 7.54. The van der Waals surface area contributed by atoms with Crippen LogP contribution >= 0.6 is 0 Å². The van der Waals surface area contributed by atoms with Crippen LogP contribution in [0.2, 0.25) is 0 Å². The van der Waals surface area contributed by atoms with Crippen molar-refractivity contribution in [3.05, 3.63) is 42.0 Å². The fourth-order valence-electron chi connectivity index (χ4n) is 3.77. The highest BCUT2D eigenvalue weighted by Gasteiger charge is 2.18. The Morgan fingerprint density at radius 1 is 0.741 bits per heavy atom. The van der Waals surface area contributed by atoms with Crippen molar-refractivity contribution >= 4 is 20.9 Å². The molecule has 0 saturated carbocycles. The molecule has 0 amide bonds. The highest BCUT2D eigenvalue weighted by Crippen LogP contribution is 2.28. The summed E-state index contributed by atoms with van der Waals surface area (Å²) in [5.41, 5.74) is 0.729. The normalized spacial score (nSPS) is 11.9. The van der Waals surface area contributed by atoms with Gasteiger partial charge >= 0.3 is 0 Å². The van der Waals surface area contributed by atoms with Gasteiger partial charge in [-0.25, -0.2) is 0 Å². The number of aryl methyl sites for hydroxylation is 1. The van der Waals surface area contributed by atoms with Crippen molar-refractivity contribution in [3.63, 3.8) is 0 Å². The van der Waals surface area contributed by atoms with E-state index in [1.165, 1.54) is 57.8 Å². The van der Waals surface area contributed by atoms with Crippen molar-refractivity contribution < 1.29 is 13.0 Å². The SMILES string of the molecule is CCCCCCCCCCCCCc1ccc2ccccc2c1S(=O)(=O)O. The Balaban J connectivity index is 1.77. The summed E-state index contributed by atoms with van der Waals surface area (Å²) >= 11 is 0. The molecule has 0 bridgehead atoms. The van der Waals surface area contributed by atoms with Crippen LogP contribution in [0.1, 0.15) is 83.1 Å². The van der Waals surface area contributed by atoms with Crippen LogP contribution in [0.15, 0.2) is 41.3 Å². The van der Waals surface area contributed by atoms with E-state index in [1.54, 1.807) is 6.07 Å². The minimum atomic E-state index is -4.22. The summed E-state index contributed by atoms with van der Waals surface area (Å²) in [6, 6.07) is 11.1. The van der Waals surface area contributed by atoms with Gasteiger partial charge in [-0.1, -0.05) is 108 Å². The first-order chi connectivity index (χ1) is 13.0. The molecule has 2 aromatic rings. The van der Waals surface area contributed by atoms with Crippen LogP contribution in [0.5, 0.6) is 0 Å². The van der Waals surface area contributed by atoms with E-state index in [9.17, 15) is 13.0 Å². The Labute approximate surface area is 164 Å². The summed E-state index contributed by atoms with van der Waals surface area (Å²) < 4.78 is 33.6. The molecule has 0 aliphatic rings. The summed E-state index contributed by atoms with van der Waals surface area (Å²) in [6.45, 7) is 2.25. The molecular formula is C23H34O3S. The fourth-order valence-corrected chi connectivity index (χ4v) is 4.73. The largest absolute Gasteiger partial charge is 0.295 e. The van der Waals surface area contributed by atoms with Crippen molar-refractivity contribution in [3.8, 4) is 0 Å². The topological polar surface area (TPSA) is 54.4 Å². The molecule has 2 rings (SSSR count). The summed E-state index contributed by atoms with van der Waals surface area (Å²) in [5.74, 6) is 0. The van der Waals surface area contributed by atoms with E-state index >= 15 is 0 Å². The highest BCUT2D eigenvalue weighted by molar-refractivity contribution is 7.86. The number of hydrogen-bond donors (Lipinski definition) is 1. The van der Waals surface area contributed by atoms with E-state index in [0.717, 1.165) is 23.8 Å². The molecule has 1 N–H and O–H groups in total. The quantitative estimate of drug-likeness (QED) is 0.298. The van der Waals surface area contributed by atoms with Crippen molar-refractivity contribution in [2.75, 3.05) is 0 Å². The number of rotatable bonds is 13. The van der Waals surface area contributed by atoms with Crippen LogP contribution in [0, 0.1) is 0 Å². The van der Waals surface area contributed by atoms with Crippen LogP contribution in [-0.4, -0.2) is 13.0 Å². The zero-order valence-electron chi connectivity index (χ0n) is 16.6. The van der Waals surface area contributed by atoms with Crippen molar-refractivity contribution in [2.45, 2.75) is 88.9 Å². The molecule has 2 aromatic carbocycles. The van der Waals surface area contributed by atoms with Gasteiger partial charge in [-0.15, -0.1) is 0 Å². The first-order valence-electron chi connectivity index (χ1n) is 10.5. The summed E-state index contributed by atoms with van der Waals surface area (Å²) in [5, 5.41) is 1.45.